The fraction of sp³-hybridized carbons (Fsp3) is 0.750. The van der Waals surface area contributed by atoms with E-state index in [-0.39, 0.29) is 0 Å². The number of hydrogen-bond acceptors (Lipinski definition) is 2. The predicted octanol–water partition coefficient (Wildman–Crippen LogP) is 2.30. The molecule has 0 atom stereocenters. The van der Waals surface area contributed by atoms with Gasteiger partial charge >= 0.3 is 0 Å². The normalized spacial score (nSPS) is 9.14. The molecule has 0 aromatic heterocycles. The van der Waals surface area contributed by atoms with Crippen molar-refractivity contribution in [1.29, 1.82) is 0 Å². The number of thiocarbonyl (C=S) groups is 1. The third-order valence-corrected chi connectivity index (χ3v) is 1.67. The van der Waals surface area contributed by atoms with Crippen LogP contribution in [-0.4, -0.2) is 5.05 Å². The summed E-state index contributed by atoms with van der Waals surface area (Å²) < 4.78 is 4.56. The molecule has 0 saturated carbocycles. The summed E-state index contributed by atoms with van der Waals surface area (Å²) >= 11 is 7.48. The summed E-state index contributed by atoms with van der Waals surface area (Å²) in [7, 11) is 0. The van der Waals surface area contributed by atoms with Gasteiger partial charge in [-0.2, -0.15) is 0 Å². The van der Waals surface area contributed by atoms with Gasteiger partial charge in [-0.05, 0) is 12.2 Å². The third-order valence-electron chi connectivity index (χ3n) is 0.547. The van der Waals surface area contributed by atoms with Crippen molar-refractivity contribution in [1.82, 2.24) is 0 Å². The Morgan fingerprint density at radius 2 is 2.14 bits per heavy atom. The molecule has 0 spiro atoms. The van der Waals surface area contributed by atoms with Gasteiger partial charge in [-0.3, -0.25) is 0 Å². The molecule has 1 nitrogen and oxygen atoms in total. The largest absolute Gasteiger partial charge is 0.410 e. The molecule has 0 aliphatic carbocycles. The highest BCUT2D eigenvalue weighted by Crippen LogP contribution is 2.01. The average Bonchev–Trinajstić information content (AvgIpc) is 1.65. The lowest BCUT2D eigenvalue weighted by Crippen LogP contribution is -2.01. The van der Waals surface area contributed by atoms with E-state index >= 15 is 0 Å². The van der Waals surface area contributed by atoms with Crippen molar-refractivity contribution in [2.75, 3.05) is 0 Å². The first-order valence-electron chi connectivity index (χ1n) is 2.01. The molecular formula is C4H7BrOS. The minimum Gasteiger partial charge on any atom is -0.410 e. The number of halogens is 1. The van der Waals surface area contributed by atoms with Gasteiger partial charge in [0.2, 0.25) is 0 Å². The van der Waals surface area contributed by atoms with Crippen LogP contribution >= 0.6 is 28.5 Å². The fourth-order valence-electron chi connectivity index (χ4n) is 0.0891. The first kappa shape index (κ1) is 7.37. The standard InChI is InChI=1S/C4H7BrOS/c1-3(2)4(7)6-5/h3H,1-2H3. The Balaban J connectivity index is 3.35. The summed E-state index contributed by atoms with van der Waals surface area (Å²) in [4.78, 5) is 0. The molecule has 3 heteroatoms. The van der Waals surface area contributed by atoms with Gasteiger partial charge in [-0.15, -0.1) is 0 Å². The van der Waals surface area contributed by atoms with Crippen LogP contribution in [0, 0.1) is 5.92 Å². The first-order valence-corrected chi connectivity index (χ1v) is 3.06. The quantitative estimate of drug-likeness (QED) is 0.577. The highest BCUT2D eigenvalue weighted by Gasteiger charge is 1.99. The minimum absolute atomic E-state index is 0.328. The maximum absolute atomic E-state index is 4.71. The Morgan fingerprint density at radius 3 is 2.14 bits per heavy atom. The zero-order chi connectivity index (χ0) is 5.86. The van der Waals surface area contributed by atoms with E-state index in [4.69, 9.17) is 12.2 Å². The maximum atomic E-state index is 4.71. The number of hydrogen-bond donors (Lipinski definition) is 0. The highest BCUT2D eigenvalue weighted by atomic mass is 79.9. The van der Waals surface area contributed by atoms with Crippen LogP contribution in [0.2, 0.25) is 0 Å². The molecule has 0 aromatic carbocycles. The average molecular weight is 183 g/mol. The van der Waals surface area contributed by atoms with Crippen molar-refractivity contribution < 1.29 is 3.83 Å². The van der Waals surface area contributed by atoms with Crippen molar-refractivity contribution in [3.63, 3.8) is 0 Å². The minimum atomic E-state index is 0.328. The molecule has 0 rings (SSSR count). The van der Waals surface area contributed by atoms with Gasteiger partial charge in [0.05, 0.1) is 0 Å². The Morgan fingerprint density at radius 1 is 1.71 bits per heavy atom. The monoisotopic (exact) mass is 182 g/mol. The zero-order valence-electron chi connectivity index (χ0n) is 4.27. The van der Waals surface area contributed by atoms with Crippen molar-refractivity contribution in [2.45, 2.75) is 13.8 Å². The molecule has 0 aliphatic rings. The second-order valence-corrected chi connectivity index (χ2v) is 2.28. The maximum Gasteiger partial charge on any atom is 0.179 e. The molecule has 0 aromatic rings. The lowest BCUT2D eigenvalue weighted by Gasteiger charge is -1.99. The Kier molecular flexibility index (Phi) is 3.56. The van der Waals surface area contributed by atoms with E-state index in [1.54, 1.807) is 0 Å². The molecule has 0 aliphatic heterocycles. The number of rotatable bonds is 1. The van der Waals surface area contributed by atoms with Gasteiger partial charge in [0.25, 0.3) is 0 Å². The van der Waals surface area contributed by atoms with Gasteiger partial charge in [-0.25, -0.2) is 0 Å². The first-order chi connectivity index (χ1) is 3.18. The van der Waals surface area contributed by atoms with E-state index in [2.05, 4.69) is 20.1 Å². The third kappa shape index (κ3) is 3.00. The van der Waals surface area contributed by atoms with Gasteiger partial charge in [-0.1, -0.05) is 13.8 Å². The van der Waals surface area contributed by atoms with Crippen LogP contribution in [0.15, 0.2) is 0 Å². The second-order valence-electron chi connectivity index (χ2n) is 1.55. The van der Waals surface area contributed by atoms with Crippen molar-refractivity contribution in [3.8, 4) is 0 Å². The summed E-state index contributed by atoms with van der Waals surface area (Å²) in [6.45, 7) is 3.95. The van der Waals surface area contributed by atoms with E-state index < -0.39 is 0 Å². The van der Waals surface area contributed by atoms with Gasteiger partial charge in [0.15, 0.2) is 21.3 Å². The van der Waals surface area contributed by atoms with Gasteiger partial charge < -0.3 is 3.83 Å². The summed E-state index contributed by atoms with van der Waals surface area (Å²) in [6, 6.07) is 0. The van der Waals surface area contributed by atoms with E-state index in [9.17, 15) is 0 Å². The summed E-state index contributed by atoms with van der Waals surface area (Å²) in [5.41, 5.74) is 0. The molecule has 0 unspecified atom stereocenters. The van der Waals surface area contributed by atoms with Crippen molar-refractivity contribution in [3.05, 3.63) is 0 Å². The molecular weight excluding hydrogens is 176 g/mol. The van der Waals surface area contributed by atoms with Crippen LogP contribution in [0.5, 0.6) is 0 Å². The van der Waals surface area contributed by atoms with Crippen LogP contribution in [0.4, 0.5) is 0 Å². The summed E-state index contributed by atoms with van der Waals surface area (Å²) in [5.74, 6) is 0.328. The molecule has 0 radical (unpaired) electrons. The van der Waals surface area contributed by atoms with E-state index in [1.165, 1.54) is 0 Å². The molecule has 42 valence electrons. The molecule has 0 bridgehead atoms. The van der Waals surface area contributed by atoms with Gasteiger partial charge in [0, 0.05) is 5.92 Å². The van der Waals surface area contributed by atoms with Crippen LogP contribution in [-0.2, 0) is 3.83 Å². The molecule has 0 amide bonds. The van der Waals surface area contributed by atoms with E-state index in [1.807, 2.05) is 13.8 Å². The van der Waals surface area contributed by atoms with Crippen LogP contribution in [0.25, 0.3) is 0 Å². The lowest BCUT2D eigenvalue weighted by molar-refractivity contribution is 0.627. The molecule has 0 N–H and O–H groups in total. The Bertz CT molecular complexity index is 72.1. The molecule has 0 saturated heterocycles. The van der Waals surface area contributed by atoms with Crippen LogP contribution in [0.1, 0.15) is 13.8 Å². The van der Waals surface area contributed by atoms with Crippen LogP contribution in [0.3, 0.4) is 0 Å². The fourth-order valence-corrected chi connectivity index (χ4v) is 0.463. The van der Waals surface area contributed by atoms with Crippen molar-refractivity contribution >= 4 is 33.5 Å². The SMILES string of the molecule is CC(C)C(=S)OBr. The summed E-state index contributed by atoms with van der Waals surface area (Å²) in [5, 5.41) is 0.597. The lowest BCUT2D eigenvalue weighted by atomic mass is 10.2. The van der Waals surface area contributed by atoms with E-state index in [0.29, 0.717) is 11.0 Å². The predicted molar refractivity (Wildman–Crippen MR) is 37.4 cm³/mol. The summed E-state index contributed by atoms with van der Waals surface area (Å²) in [6.07, 6.45) is 0. The molecule has 0 heterocycles. The van der Waals surface area contributed by atoms with Crippen LogP contribution < -0.4 is 0 Å². The zero-order valence-corrected chi connectivity index (χ0v) is 6.67. The van der Waals surface area contributed by atoms with E-state index in [0.717, 1.165) is 0 Å². The molecule has 0 fully saturated rings. The Labute approximate surface area is 57.5 Å². The molecule has 7 heavy (non-hydrogen) atoms. The van der Waals surface area contributed by atoms with Crippen molar-refractivity contribution in [2.24, 2.45) is 5.92 Å². The highest BCUT2D eigenvalue weighted by molar-refractivity contribution is 9.06. The Hall–Kier alpha value is 0.370. The smallest absolute Gasteiger partial charge is 0.179 e. The topological polar surface area (TPSA) is 9.23 Å². The van der Waals surface area contributed by atoms with Gasteiger partial charge in [0.1, 0.15) is 0 Å². The second kappa shape index (κ2) is 3.38.